The molecule has 0 amide bonds. The predicted octanol–water partition coefficient (Wildman–Crippen LogP) is 19.1. The van der Waals surface area contributed by atoms with Gasteiger partial charge in [0.2, 0.25) is 0 Å². The molecule has 0 aliphatic heterocycles. The molecule has 20 rings (SSSR count). The molecular formula is C80H74N4OPt-2. The van der Waals surface area contributed by atoms with Gasteiger partial charge in [-0.3, -0.25) is 4.57 Å². The van der Waals surface area contributed by atoms with Gasteiger partial charge in [0.05, 0.1) is 16.7 Å². The van der Waals surface area contributed by atoms with Gasteiger partial charge >= 0.3 is 0 Å². The third kappa shape index (κ3) is 11.9. The average Bonchev–Trinajstić information content (AvgIpc) is 1.71. The van der Waals surface area contributed by atoms with Crippen LogP contribution in [-0.4, -0.2) is 14.1 Å². The average molecular weight is 1300 g/mol. The van der Waals surface area contributed by atoms with Crippen molar-refractivity contribution in [3.05, 3.63) is 269 Å². The van der Waals surface area contributed by atoms with Gasteiger partial charge in [-0.2, -0.15) is 18.2 Å². The largest absolute Gasteiger partial charge is 0.510 e. The van der Waals surface area contributed by atoms with Crippen molar-refractivity contribution >= 4 is 32.8 Å². The van der Waals surface area contributed by atoms with Crippen LogP contribution < -0.4 is 9.30 Å². The standard InChI is InChI=1S/C80H74N4O.Pt/c1-80(2,3)64-48-49-81-78(52-64)84-74-31-13-12-28-68(74)69-47-46-67(54-77(69)84)85-66-27-16-26-65(53-66)82-55-83(76-33-15-14-32-75(76)82)79-70(72-50-60-22-6-4-18-56-34-38-58(39-35-56)20-8-10-24-62(72)44-42-60)29-17-30-71(79)73-51-61-23-7-5-19-57-36-40-59(41-37-57)21-9-11-25-63(73)45-43-61;/h12-17,26-52H,4-11,18-25H2,1-3H3;/q-2;. The van der Waals surface area contributed by atoms with Gasteiger partial charge in [-0.05, 0) is 210 Å². The number of pyridine rings is 1. The van der Waals surface area contributed by atoms with Crippen molar-refractivity contribution < 1.29 is 30.4 Å². The van der Waals surface area contributed by atoms with E-state index in [1.807, 2.05) is 18.3 Å². The normalized spacial score (nSPS) is 14.3. The van der Waals surface area contributed by atoms with Gasteiger partial charge in [-0.1, -0.05) is 172 Å². The van der Waals surface area contributed by atoms with Gasteiger partial charge < -0.3 is 13.9 Å². The number of para-hydroxylation sites is 4. The summed E-state index contributed by atoms with van der Waals surface area (Å²) in [6.07, 6.45) is 23.6. The number of aromatic nitrogens is 4. The molecule has 8 bridgehead atoms. The Hall–Kier alpha value is -8.11. The number of hydrogen-bond acceptors (Lipinski definition) is 2. The van der Waals surface area contributed by atoms with Gasteiger partial charge in [-0.25, -0.2) is 4.98 Å². The predicted molar refractivity (Wildman–Crippen MR) is 349 cm³/mol. The molecule has 0 unspecified atom stereocenters. The topological polar surface area (TPSA) is 35.9 Å². The molecule has 0 saturated carbocycles. The quantitative estimate of drug-likeness (QED) is 0.118. The monoisotopic (exact) mass is 1300 g/mol. The Morgan fingerprint density at radius 1 is 0.442 bits per heavy atom. The minimum Gasteiger partial charge on any atom is -0.510 e. The SMILES string of the molecule is CC(C)(C)c1ccnc(-n2c3[c-]c(Oc4[c-]c(-n5[c-][n+](-c6c(-c7cc8ccc7CCCCc7ccc(cc7)CCCC8)cccc6-c6cc7ccc6CCCCc6ccc(cc6)CCCC7)c6ccccc65)ccc4)ccc3c3ccccc32)c1.[Pt]. The number of ether oxygens (including phenoxy) is 1. The minimum atomic E-state index is -0.0382. The van der Waals surface area contributed by atoms with Crippen LogP contribution in [0, 0.1) is 18.5 Å². The number of nitrogens with zero attached hydrogens (tertiary/aromatic N) is 4. The maximum atomic E-state index is 6.84. The van der Waals surface area contributed by atoms with E-state index in [0.29, 0.717) is 11.5 Å². The van der Waals surface area contributed by atoms with Crippen LogP contribution in [0.1, 0.15) is 122 Å². The van der Waals surface area contributed by atoms with Crippen molar-refractivity contribution in [3.8, 4) is 50.9 Å². The maximum absolute atomic E-state index is 6.84. The van der Waals surface area contributed by atoms with Crippen LogP contribution in [0.5, 0.6) is 11.5 Å². The van der Waals surface area contributed by atoms with Gasteiger partial charge in [0.25, 0.3) is 6.33 Å². The third-order valence-corrected chi connectivity index (χ3v) is 18.1. The number of rotatable bonds is 7. The van der Waals surface area contributed by atoms with E-state index in [2.05, 4.69) is 235 Å². The smallest absolute Gasteiger partial charge is 0.268 e. The first-order chi connectivity index (χ1) is 41.7. The third-order valence-electron chi connectivity index (χ3n) is 18.1. The van der Waals surface area contributed by atoms with E-state index in [0.717, 1.165) is 140 Å². The van der Waals surface area contributed by atoms with E-state index in [-0.39, 0.29) is 26.5 Å². The van der Waals surface area contributed by atoms with E-state index in [1.54, 1.807) is 0 Å². The second-order valence-corrected chi connectivity index (χ2v) is 25.0. The molecule has 0 saturated heterocycles. The van der Waals surface area contributed by atoms with Crippen LogP contribution in [-0.2, 0) is 77.8 Å². The summed E-state index contributed by atoms with van der Waals surface area (Å²) in [5, 5.41) is 2.24. The summed E-state index contributed by atoms with van der Waals surface area (Å²) < 4.78 is 13.6. The molecule has 86 heavy (non-hydrogen) atoms. The summed E-state index contributed by atoms with van der Waals surface area (Å²) in [7, 11) is 0. The Labute approximate surface area is 522 Å². The molecule has 5 nitrogen and oxygen atoms in total. The molecule has 9 aromatic carbocycles. The van der Waals surface area contributed by atoms with Crippen molar-refractivity contribution in [1.29, 1.82) is 0 Å². The van der Waals surface area contributed by atoms with E-state index in [4.69, 9.17) is 9.72 Å². The van der Waals surface area contributed by atoms with E-state index >= 15 is 0 Å². The van der Waals surface area contributed by atoms with Gasteiger partial charge in [0.1, 0.15) is 5.82 Å². The molecule has 432 valence electrons. The second kappa shape index (κ2) is 25.1. The van der Waals surface area contributed by atoms with Crippen LogP contribution >= 0.6 is 0 Å². The first-order valence-corrected chi connectivity index (χ1v) is 31.4. The number of hydrogen-bond donors (Lipinski definition) is 0. The Morgan fingerprint density at radius 2 is 0.953 bits per heavy atom. The molecule has 0 spiro atoms. The van der Waals surface area contributed by atoms with E-state index < -0.39 is 0 Å². The summed E-state index contributed by atoms with van der Waals surface area (Å²) >= 11 is 0. The van der Waals surface area contributed by atoms with Gasteiger partial charge in [0, 0.05) is 44.3 Å². The first kappa shape index (κ1) is 57.0. The Bertz CT molecular complexity index is 4260. The molecule has 8 aliphatic rings. The molecular weight excluding hydrogens is 1230 g/mol. The molecule has 0 radical (unpaired) electrons. The van der Waals surface area contributed by atoms with Crippen molar-refractivity contribution in [2.75, 3.05) is 0 Å². The van der Waals surface area contributed by atoms with Crippen molar-refractivity contribution in [3.63, 3.8) is 0 Å². The summed E-state index contributed by atoms with van der Waals surface area (Å²) in [6, 6.07) is 80.3. The zero-order valence-electron chi connectivity index (χ0n) is 49.9. The molecule has 6 heteroatoms. The zero-order chi connectivity index (χ0) is 57.3. The summed E-state index contributed by atoms with van der Waals surface area (Å²) in [5.41, 5.74) is 23.8. The molecule has 0 atom stereocenters. The Balaban J connectivity index is 0.00000686. The molecule has 0 fully saturated rings. The van der Waals surface area contributed by atoms with Gasteiger partial charge in [-0.15, -0.1) is 29.7 Å². The van der Waals surface area contributed by atoms with Crippen LogP contribution in [0.25, 0.3) is 72.3 Å². The number of imidazole rings is 1. The van der Waals surface area contributed by atoms with Crippen LogP contribution in [0.4, 0.5) is 0 Å². The molecule has 0 N–H and O–H groups in total. The number of benzene rings is 9. The number of fused-ring (bicyclic) bond motifs is 4. The first-order valence-electron chi connectivity index (χ1n) is 31.4. The Morgan fingerprint density at radius 3 is 1.55 bits per heavy atom. The van der Waals surface area contributed by atoms with Crippen molar-refractivity contribution in [1.82, 2.24) is 14.1 Å². The summed E-state index contributed by atoms with van der Waals surface area (Å²) in [6.45, 7) is 6.73. The van der Waals surface area contributed by atoms with E-state index in [1.165, 1.54) is 85.2 Å². The van der Waals surface area contributed by atoms with Crippen LogP contribution in [0.2, 0.25) is 0 Å². The fourth-order valence-electron chi connectivity index (χ4n) is 13.4. The molecule has 12 aromatic rings. The molecule has 3 heterocycles. The maximum Gasteiger partial charge on any atom is 0.268 e. The van der Waals surface area contributed by atoms with Crippen LogP contribution in [0.15, 0.2) is 200 Å². The summed E-state index contributed by atoms with van der Waals surface area (Å²) in [4.78, 5) is 4.93. The van der Waals surface area contributed by atoms with Crippen molar-refractivity contribution in [2.45, 2.75) is 129 Å². The van der Waals surface area contributed by atoms with Gasteiger partial charge in [0.15, 0.2) is 0 Å². The second-order valence-electron chi connectivity index (χ2n) is 25.0. The summed E-state index contributed by atoms with van der Waals surface area (Å²) in [5.74, 6) is 2.05. The minimum absolute atomic E-state index is 0. The fourth-order valence-corrected chi connectivity index (χ4v) is 13.4. The van der Waals surface area contributed by atoms with Crippen molar-refractivity contribution in [2.24, 2.45) is 0 Å². The molecule has 8 aliphatic carbocycles. The Kier molecular flexibility index (Phi) is 16.6. The zero-order valence-corrected chi connectivity index (χ0v) is 52.2. The number of aryl methyl sites for hydroxylation is 8. The van der Waals surface area contributed by atoms with E-state index in [9.17, 15) is 0 Å². The fraction of sp³-hybridized carbons (Fsp3) is 0.250. The molecule has 3 aromatic heterocycles. The van der Waals surface area contributed by atoms with Crippen LogP contribution in [0.3, 0.4) is 0 Å².